The van der Waals surface area contributed by atoms with Crippen LogP contribution in [0.15, 0.2) is 54.6 Å². The van der Waals surface area contributed by atoms with E-state index >= 15 is 0 Å². The van der Waals surface area contributed by atoms with E-state index in [9.17, 15) is 0 Å². The second-order valence-electron chi connectivity index (χ2n) is 3.26. The summed E-state index contributed by atoms with van der Waals surface area (Å²) in [5.41, 5.74) is 0.945. The fourth-order valence-electron chi connectivity index (χ4n) is 1.36. The maximum atomic E-state index is 5.88. The van der Waals surface area contributed by atoms with E-state index in [2.05, 4.69) is 0 Å². The second kappa shape index (κ2) is 6.30. The van der Waals surface area contributed by atoms with Gasteiger partial charge in [-0.1, -0.05) is 0 Å². The molecule has 2 rings (SSSR count). The molecule has 0 aliphatic heterocycles. The van der Waals surface area contributed by atoms with Crippen molar-refractivity contribution in [2.45, 2.75) is 0 Å². The molecule has 0 radical (unpaired) electrons. The summed E-state index contributed by atoms with van der Waals surface area (Å²) in [4.78, 5) is 0. The molecule has 0 saturated heterocycles. The maximum absolute atomic E-state index is 5.88. The Balaban J connectivity index is 2.30. The molecule has 0 fully saturated rings. The van der Waals surface area contributed by atoms with E-state index < -0.39 is 13.5 Å². The Morgan fingerprint density at radius 1 is 0.882 bits per heavy atom. The molecule has 0 spiro atoms. The molecule has 2 aromatic rings. The first-order chi connectivity index (χ1) is 8.25. The summed E-state index contributed by atoms with van der Waals surface area (Å²) >= 11 is -1.83. The molecule has 2 aromatic carbocycles. The molecule has 17 heavy (non-hydrogen) atoms. The Labute approximate surface area is 113 Å². The van der Waals surface area contributed by atoms with Gasteiger partial charge in [-0.25, -0.2) is 0 Å². The van der Waals surface area contributed by atoms with Gasteiger partial charge in [0.25, 0.3) is 0 Å². The summed E-state index contributed by atoms with van der Waals surface area (Å²) in [6.45, 7) is 0. The fraction of sp³-hybridized carbons (Fsp3) is 0. The third kappa shape index (κ3) is 3.92. The Bertz CT molecular complexity index is 522. The average Bonchev–Trinajstić information content (AvgIpc) is 2.32. The Morgan fingerprint density at radius 2 is 1.53 bits per heavy atom. The van der Waals surface area contributed by atoms with Gasteiger partial charge in [0, 0.05) is 0 Å². The molecule has 0 N–H and O–H groups in total. The average molecular weight is 354 g/mol. The van der Waals surface area contributed by atoms with Crippen LogP contribution in [0.1, 0.15) is 5.56 Å². The van der Waals surface area contributed by atoms with Crippen LogP contribution in [0.4, 0.5) is 0 Å². The van der Waals surface area contributed by atoms with E-state index in [1.54, 1.807) is 0 Å². The molecule has 90 valence electrons. The number of benzene rings is 2. The Hall–Kier alpha value is -0.687. The molecule has 0 atom stereocenters. The normalized spacial score (nSPS) is 10.8. The van der Waals surface area contributed by atoms with Crippen molar-refractivity contribution in [3.8, 4) is 11.5 Å². The van der Waals surface area contributed by atoms with Gasteiger partial charge in [0.05, 0.1) is 0 Å². The minimum absolute atomic E-state index is 0.777. The van der Waals surface area contributed by atoms with Crippen LogP contribution < -0.4 is 4.74 Å². The Morgan fingerprint density at radius 3 is 2.24 bits per heavy atom. The zero-order valence-electron chi connectivity index (χ0n) is 8.79. The quantitative estimate of drug-likeness (QED) is 0.735. The molecular formula is C13H10Cl2ORu. The van der Waals surface area contributed by atoms with Crippen LogP contribution in [0, 0.1) is 0 Å². The first kappa shape index (κ1) is 12.8. The van der Waals surface area contributed by atoms with Gasteiger partial charge in [-0.15, -0.1) is 0 Å². The molecule has 4 heteroatoms. The van der Waals surface area contributed by atoms with Crippen LogP contribution in [0.2, 0.25) is 0 Å². The molecule has 0 aromatic heterocycles. The zero-order valence-corrected chi connectivity index (χ0v) is 12.0. The number of rotatable bonds is 3. The molecule has 0 aliphatic carbocycles. The van der Waals surface area contributed by atoms with Crippen molar-refractivity contribution in [1.29, 1.82) is 0 Å². The monoisotopic (exact) mass is 354 g/mol. The molecule has 0 amide bonds. The third-order valence-electron chi connectivity index (χ3n) is 2.08. The standard InChI is InChI=1S/C13H10O.2ClH.Ru/c1-11-7-5-6-10-13(11)14-12-8-3-2-4-9-12;;;/h1-10H;2*1H;/q;;;+2/p-2. The van der Waals surface area contributed by atoms with Crippen LogP contribution >= 0.6 is 19.4 Å². The predicted octanol–water partition coefficient (Wildman–Crippen LogP) is 4.56. The van der Waals surface area contributed by atoms with Gasteiger partial charge in [-0.3, -0.25) is 0 Å². The number of ether oxygens (including phenoxy) is 1. The summed E-state index contributed by atoms with van der Waals surface area (Å²) in [5.74, 6) is 1.58. The van der Waals surface area contributed by atoms with Gasteiger partial charge in [0.2, 0.25) is 0 Å². The summed E-state index contributed by atoms with van der Waals surface area (Å²) in [5, 5.41) is 0. The van der Waals surface area contributed by atoms with Crippen molar-refractivity contribution < 1.29 is 18.3 Å². The number of halogens is 2. The SMILES string of the molecule is [Cl][Ru]([Cl])=[CH]c1ccccc1Oc1ccccc1. The molecule has 0 saturated carbocycles. The molecule has 0 aliphatic rings. The number of hydrogen-bond acceptors (Lipinski definition) is 1. The van der Waals surface area contributed by atoms with Gasteiger partial charge in [-0.05, 0) is 0 Å². The van der Waals surface area contributed by atoms with Crippen LogP contribution in [-0.4, -0.2) is 4.61 Å². The van der Waals surface area contributed by atoms with Crippen LogP contribution in [0.3, 0.4) is 0 Å². The van der Waals surface area contributed by atoms with Gasteiger partial charge >= 0.3 is 114 Å². The molecule has 0 unspecified atom stereocenters. The van der Waals surface area contributed by atoms with E-state index in [4.69, 9.17) is 24.1 Å². The van der Waals surface area contributed by atoms with Crippen molar-refractivity contribution in [2.75, 3.05) is 0 Å². The van der Waals surface area contributed by atoms with Crippen molar-refractivity contribution in [1.82, 2.24) is 0 Å². The van der Waals surface area contributed by atoms with E-state index in [0.717, 1.165) is 17.1 Å². The first-order valence-corrected chi connectivity index (χ1v) is 10.4. The predicted molar refractivity (Wildman–Crippen MR) is 69.8 cm³/mol. The van der Waals surface area contributed by atoms with Gasteiger partial charge in [-0.2, -0.15) is 0 Å². The van der Waals surface area contributed by atoms with Gasteiger partial charge in [0.15, 0.2) is 0 Å². The van der Waals surface area contributed by atoms with Crippen molar-refractivity contribution >= 4 is 24.0 Å². The summed E-state index contributed by atoms with van der Waals surface area (Å²) < 4.78 is 7.67. The summed E-state index contributed by atoms with van der Waals surface area (Å²) in [6, 6.07) is 17.4. The van der Waals surface area contributed by atoms with Crippen LogP contribution in [0.25, 0.3) is 0 Å². The topological polar surface area (TPSA) is 9.23 Å². The van der Waals surface area contributed by atoms with Crippen molar-refractivity contribution in [3.63, 3.8) is 0 Å². The van der Waals surface area contributed by atoms with E-state index in [-0.39, 0.29) is 0 Å². The minimum atomic E-state index is -1.83. The molecule has 0 heterocycles. The van der Waals surface area contributed by atoms with Crippen molar-refractivity contribution in [3.05, 3.63) is 60.2 Å². The third-order valence-corrected chi connectivity index (χ3v) is 3.91. The molecule has 1 nitrogen and oxygen atoms in total. The first-order valence-electron chi connectivity index (χ1n) is 4.91. The second-order valence-corrected chi connectivity index (χ2v) is 8.98. The van der Waals surface area contributed by atoms with Gasteiger partial charge in [0.1, 0.15) is 0 Å². The molecule has 0 bridgehead atoms. The Kier molecular flexibility index (Phi) is 4.73. The summed E-state index contributed by atoms with van der Waals surface area (Å²) in [6.07, 6.45) is 0. The number of hydrogen-bond donors (Lipinski definition) is 0. The fourth-order valence-corrected chi connectivity index (χ4v) is 3.16. The van der Waals surface area contributed by atoms with Crippen LogP contribution in [-0.2, 0) is 13.5 Å². The molecular weight excluding hydrogens is 344 g/mol. The summed E-state index contributed by atoms with van der Waals surface area (Å²) in [7, 11) is 11.8. The zero-order chi connectivity index (χ0) is 12.1. The van der Waals surface area contributed by atoms with E-state index in [0.29, 0.717) is 0 Å². The van der Waals surface area contributed by atoms with Crippen LogP contribution in [0.5, 0.6) is 11.5 Å². The van der Waals surface area contributed by atoms with Crippen molar-refractivity contribution in [2.24, 2.45) is 0 Å². The van der Waals surface area contributed by atoms with E-state index in [1.165, 1.54) is 0 Å². The van der Waals surface area contributed by atoms with E-state index in [1.807, 2.05) is 59.2 Å². The number of para-hydroxylation sites is 2. The van der Waals surface area contributed by atoms with Gasteiger partial charge < -0.3 is 0 Å².